The van der Waals surface area contributed by atoms with Gasteiger partial charge in [0.25, 0.3) is 0 Å². The first-order chi connectivity index (χ1) is 9.15. The lowest BCUT2D eigenvalue weighted by molar-refractivity contribution is -0.120. The van der Waals surface area contributed by atoms with Crippen molar-refractivity contribution in [1.82, 2.24) is 5.32 Å². The van der Waals surface area contributed by atoms with Crippen LogP contribution in [0.25, 0.3) is 0 Å². The summed E-state index contributed by atoms with van der Waals surface area (Å²) in [6, 6.07) is 7.47. The van der Waals surface area contributed by atoms with Crippen LogP contribution in [0, 0.1) is 5.92 Å². The molecule has 1 saturated carbocycles. The highest BCUT2D eigenvalue weighted by molar-refractivity contribution is 9.09. The zero-order chi connectivity index (χ0) is 13.7. The highest BCUT2D eigenvalue weighted by atomic mass is 79.9. The van der Waals surface area contributed by atoms with Gasteiger partial charge in [0.15, 0.2) is 0 Å². The molecule has 0 aliphatic heterocycles. The SMILES string of the molecule is O=C(Cc1cccc(Cl)c1)NCC1CCCCC1Br. The first-order valence-corrected chi connectivity index (χ1v) is 8.10. The van der Waals surface area contributed by atoms with Gasteiger partial charge in [-0.3, -0.25) is 4.79 Å². The van der Waals surface area contributed by atoms with Crippen molar-refractivity contribution < 1.29 is 4.79 Å². The average Bonchev–Trinajstić information content (AvgIpc) is 2.38. The quantitative estimate of drug-likeness (QED) is 0.823. The van der Waals surface area contributed by atoms with Gasteiger partial charge in [0.1, 0.15) is 0 Å². The van der Waals surface area contributed by atoms with Crippen LogP contribution in [-0.2, 0) is 11.2 Å². The molecule has 1 amide bonds. The molecule has 1 aromatic rings. The summed E-state index contributed by atoms with van der Waals surface area (Å²) in [4.78, 5) is 12.5. The lowest BCUT2D eigenvalue weighted by atomic mass is 9.89. The summed E-state index contributed by atoms with van der Waals surface area (Å²) in [5.41, 5.74) is 0.962. The zero-order valence-electron chi connectivity index (χ0n) is 10.9. The fourth-order valence-electron chi connectivity index (χ4n) is 2.53. The van der Waals surface area contributed by atoms with Crippen LogP contribution in [0.3, 0.4) is 0 Å². The Morgan fingerprint density at radius 1 is 1.37 bits per heavy atom. The highest BCUT2D eigenvalue weighted by Gasteiger charge is 2.22. The van der Waals surface area contributed by atoms with E-state index < -0.39 is 0 Å². The molecule has 2 nitrogen and oxygen atoms in total. The molecule has 1 aliphatic rings. The van der Waals surface area contributed by atoms with Gasteiger partial charge in [-0.25, -0.2) is 0 Å². The van der Waals surface area contributed by atoms with Gasteiger partial charge >= 0.3 is 0 Å². The summed E-state index contributed by atoms with van der Waals surface area (Å²) in [5, 5.41) is 3.72. The van der Waals surface area contributed by atoms with Gasteiger partial charge < -0.3 is 5.32 Å². The van der Waals surface area contributed by atoms with Crippen molar-refractivity contribution in [3.63, 3.8) is 0 Å². The van der Waals surface area contributed by atoms with E-state index in [1.807, 2.05) is 24.3 Å². The second-order valence-corrected chi connectivity index (χ2v) is 6.78. The lowest BCUT2D eigenvalue weighted by Crippen LogP contribution is -2.35. The number of hydrogen-bond acceptors (Lipinski definition) is 1. The van der Waals surface area contributed by atoms with E-state index in [4.69, 9.17) is 11.6 Å². The van der Waals surface area contributed by atoms with Crippen molar-refractivity contribution >= 4 is 33.4 Å². The minimum Gasteiger partial charge on any atom is -0.355 e. The van der Waals surface area contributed by atoms with Crippen LogP contribution in [0.4, 0.5) is 0 Å². The van der Waals surface area contributed by atoms with Crippen LogP contribution in [0.2, 0.25) is 5.02 Å². The molecule has 0 aromatic heterocycles. The van der Waals surface area contributed by atoms with Crippen molar-refractivity contribution in [3.8, 4) is 0 Å². The summed E-state index contributed by atoms with van der Waals surface area (Å²) in [7, 11) is 0. The number of alkyl halides is 1. The van der Waals surface area contributed by atoms with Crippen LogP contribution >= 0.6 is 27.5 Å². The second-order valence-electron chi connectivity index (χ2n) is 5.17. The minimum absolute atomic E-state index is 0.0764. The van der Waals surface area contributed by atoms with E-state index in [1.165, 1.54) is 25.7 Å². The molecule has 0 spiro atoms. The summed E-state index contributed by atoms with van der Waals surface area (Å²) in [6.07, 6.45) is 5.39. The van der Waals surface area contributed by atoms with E-state index in [1.54, 1.807) is 0 Å². The molecule has 0 radical (unpaired) electrons. The van der Waals surface area contributed by atoms with Crippen LogP contribution in [0.1, 0.15) is 31.2 Å². The molecule has 2 unspecified atom stereocenters. The van der Waals surface area contributed by atoms with Crippen molar-refractivity contribution in [3.05, 3.63) is 34.9 Å². The summed E-state index contributed by atoms with van der Waals surface area (Å²) < 4.78 is 0. The number of carbonyl (C=O) groups is 1. The Morgan fingerprint density at radius 2 is 2.16 bits per heavy atom. The predicted octanol–water partition coefficient (Wildman–Crippen LogP) is 3.95. The molecule has 0 heterocycles. The Kier molecular flexibility index (Phi) is 5.71. The monoisotopic (exact) mass is 343 g/mol. The third-order valence-corrected chi connectivity index (χ3v) is 5.07. The van der Waals surface area contributed by atoms with Gasteiger partial charge in [-0.1, -0.05) is 52.5 Å². The fraction of sp³-hybridized carbons (Fsp3) is 0.533. The number of nitrogens with one attached hydrogen (secondary N) is 1. The van der Waals surface area contributed by atoms with Gasteiger partial charge in [-0.2, -0.15) is 0 Å². The molecule has 2 rings (SSSR count). The van der Waals surface area contributed by atoms with Crippen LogP contribution in [0.5, 0.6) is 0 Å². The Morgan fingerprint density at radius 3 is 2.89 bits per heavy atom. The van der Waals surface area contributed by atoms with E-state index >= 15 is 0 Å². The van der Waals surface area contributed by atoms with Crippen LogP contribution in [-0.4, -0.2) is 17.3 Å². The molecule has 4 heteroatoms. The third kappa shape index (κ3) is 4.81. The van der Waals surface area contributed by atoms with E-state index in [9.17, 15) is 4.79 Å². The smallest absolute Gasteiger partial charge is 0.224 e. The Hall–Kier alpha value is -0.540. The highest BCUT2D eigenvalue weighted by Crippen LogP contribution is 2.29. The van der Waals surface area contributed by atoms with Crippen molar-refractivity contribution in [2.24, 2.45) is 5.92 Å². The first-order valence-electron chi connectivity index (χ1n) is 6.80. The minimum atomic E-state index is 0.0764. The maximum absolute atomic E-state index is 11.9. The van der Waals surface area contributed by atoms with E-state index in [2.05, 4.69) is 21.2 Å². The number of carbonyl (C=O) groups excluding carboxylic acids is 1. The number of halogens is 2. The Labute approximate surface area is 128 Å². The molecule has 1 aromatic carbocycles. The maximum atomic E-state index is 11.9. The van der Waals surface area contributed by atoms with Gasteiger partial charge in [-0.05, 0) is 36.5 Å². The summed E-state index contributed by atoms with van der Waals surface area (Å²) in [6.45, 7) is 0.773. The Bertz CT molecular complexity index is 438. The third-order valence-electron chi connectivity index (χ3n) is 3.63. The predicted molar refractivity (Wildman–Crippen MR) is 82.8 cm³/mol. The Balaban J connectivity index is 1.78. The zero-order valence-corrected chi connectivity index (χ0v) is 13.2. The van der Waals surface area contributed by atoms with E-state index in [-0.39, 0.29) is 5.91 Å². The number of hydrogen-bond donors (Lipinski definition) is 1. The fourth-order valence-corrected chi connectivity index (χ4v) is 3.52. The number of rotatable bonds is 4. The van der Waals surface area contributed by atoms with Crippen molar-refractivity contribution in [2.75, 3.05) is 6.54 Å². The number of amides is 1. The molecular formula is C15H19BrClNO. The van der Waals surface area contributed by atoms with Gasteiger partial charge in [0.2, 0.25) is 5.91 Å². The van der Waals surface area contributed by atoms with E-state index in [0.29, 0.717) is 22.2 Å². The molecule has 1 aliphatic carbocycles. The average molecular weight is 345 g/mol. The molecule has 0 saturated heterocycles. The van der Waals surface area contributed by atoms with Gasteiger partial charge in [0.05, 0.1) is 6.42 Å². The van der Waals surface area contributed by atoms with Gasteiger partial charge in [0, 0.05) is 16.4 Å². The molecule has 2 atom stereocenters. The van der Waals surface area contributed by atoms with E-state index in [0.717, 1.165) is 12.1 Å². The molecule has 104 valence electrons. The molecule has 0 bridgehead atoms. The lowest BCUT2D eigenvalue weighted by Gasteiger charge is -2.27. The molecule has 1 N–H and O–H groups in total. The van der Waals surface area contributed by atoms with Crippen LogP contribution in [0.15, 0.2) is 24.3 Å². The standard InChI is InChI=1S/C15H19BrClNO/c16-14-7-2-1-5-12(14)10-18-15(19)9-11-4-3-6-13(17)8-11/h3-4,6,8,12,14H,1-2,5,7,9-10H2,(H,18,19). The maximum Gasteiger partial charge on any atom is 0.224 e. The molecule has 1 fully saturated rings. The van der Waals surface area contributed by atoms with Crippen molar-refractivity contribution in [2.45, 2.75) is 36.9 Å². The van der Waals surface area contributed by atoms with Crippen LogP contribution < -0.4 is 5.32 Å². The molecular weight excluding hydrogens is 326 g/mol. The summed E-state index contributed by atoms with van der Waals surface area (Å²) in [5.74, 6) is 0.643. The normalized spacial score (nSPS) is 23.1. The largest absolute Gasteiger partial charge is 0.355 e. The van der Waals surface area contributed by atoms with Gasteiger partial charge in [-0.15, -0.1) is 0 Å². The first kappa shape index (κ1) is 14.9. The molecule has 19 heavy (non-hydrogen) atoms. The number of benzene rings is 1. The second kappa shape index (κ2) is 7.30. The topological polar surface area (TPSA) is 29.1 Å². The van der Waals surface area contributed by atoms with Crippen molar-refractivity contribution in [1.29, 1.82) is 0 Å². The summed E-state index contributed by atoms with van der Waals surface area (Å²) >= 11 is 9.62.